The molecule has 0 rings (SSSR count). The second-order valence-corrected chi connectivity index (χ2v) is 1.45. The van der Waals surface area contributed by atoms with Crippen LogP contribution in [0.3, 0.4) is 0 Å². The second-order valence-electron chi connectivity index (χ2n) is 1.45. The van der Waals surface area contributed by atoms with E-state index in [9.17, 15) is 0 Å². The standard InChI is InChI=1S/C5H13NO.C2H6/c1-6-4-3-5-7-2;1-2/h6H,3-5H2,1-2H3;1-2H3. The lowest BCUT2D eigenvalue weighted by molar-refractivity contribution is 0.195. The molecule has 1 N–H and O–H groups in total. The lowest BCUT2D eigenvalue weighted by atomic mass is 10.5. The summed E-state index contributed by atoms with van der Waals surface area (Å²) < 4.78 is 4.80. The van der Waals surface area contributed by atoms with E-state index in [1.165, 1.54) is 0 Å². The van der Waals surface area contributed by atoms with E-state index in [1.54, 1.807) is 7.11 Å². The molecule has 0 amide bonds. The van der Waals surface area contributed by atoms with E-state index in [2.05, 4.69) is 5.32 Å². The monoisotopic (exact) mass is 133 g/mol. The van der Waals surface area contributed by atoms with E-state index in [0.717, 1.165) is 19.6 Å². The summed E-state index contributed by atoms with van der Waals surface area (Å²) in [6.07, 6.45) is 1.10. The topological polar surface area (TPSA) is 21.3 Å². The lowest BCUT2D eigenvalue weighted by Crippen LogP contribution is -2.09. The summed E-state index contributed by atoms with van der Waals surface area (Å²) in [5, 5.41) is 3.02. The number of hydrogen-bond acceptors (Lipinski definition) is 2. The number of rotatable bonds is 4. The third-order valence-electron chi connectivity index (χ3n) is 0.775. The highest BCUT2D eigenvalue weighted by molar-refractivity contribution is 4.36. The van der Waals surface area contributed by atoms with Gasteiger partial charge in [-0.05, 0) is 20.0 Å². The van der Waals surface area contributed by atoms with E-state index in [4.69, 9.17) is 4.74 Å². The minimum absolute atomic E-state index is 0.862. The van der Waals surface area contributed by atoms with Gasteiger partial charge in [0.05, 0.1) is 0 Å². The van der Waals surface area contributed by atoms with Gasteiger partial charge in [0.15, 0.2) is 0 Å². The molecule has 58 valence electrons. The molecular formula is C7H19NO. The summed E-state index contributed by atoms with van der Waals surface area (Å²) in [7, 11) is 3.66. The van der Waals surface area contributed by atoms with E-state index < -0.39 is 0 Å². The van der Waals surface area contributed by atoms with Crippen molar-refractivity contribution in [3.8, 4) is 0 Å². The van der Waals surface area contributed by atoms with Gasteiger partial charge in [-0.25, -0.2) is 0 Å². The van der Waals surface area contributed by atoms with Crippen LogP contribution in [0.25, 0.3) is 0 Å². The van der Waals surface area contributed by atoms with Crippen molar-refractivity contribution in [3.05, 3.63) is 0 Å². The summed E-state index contributed by atoms with van der Waals surface area (Å²) in [6.45, 7) is 5.91. The van der Waals surface area contributed by atoms with Crippen LogP contribution >= 0.6 is 0 Å². The van der Waals surface area contributed by atoms with Crippen molar-refractivity contribution < 1.29 is 4.74 Å². The van der Waals surface area contributed by atoms with Crippen molar-refractivity contribution in [2.45, 2.75) is 20.3 Å². The van der Waals surface area contributed by atoms with E-state index in [1.807, 2.05) is 20.9 Å². The van der Waals surface area contributed by atoms with Gasteiger partial charge in [0.2, 0.25) is 0 Å². The first-order valence-electron chi connectivity index (χ1n) is 3.55. The van der Waals surface area contributed by atoms with Gasteiger partial charge < -0.3 is 10.1 Å². The molecule has 9 heavy (non-hydrogen) atoms. The van der Waals surface area contributed by atoms with Gasteiger partial charge in [0, 0.05) is 13.7 Å². The fourth-order valence-corrected chi connectivity index (χ4v) is 0.393. The fraction of sp³-hybridized carbons (Fsp3) is 1.00. The Hall–Kier alpha value is -0.0800. The molecule has 0 atom stereocenters. The van der Waals surface area contributed by atoms with Crippen LogP contribution in [0.4, 0.5) is 0 Å². The summed E-state index contributed by atoms with van der Waals surface area (Å²) in [5.74, 6) is 0. The minimum atomic E-state index is 0.862. The molecule has 0 heterocycles. The normalized spacial score (nSPS) is 8.00. The predicted molar refractivity (Wildman–Crippen MR) is 41.8 cm³/mol. The van der Waals surface area contributed by atoms with Crippen molar-refractivity contribution >= 4 is 0 Å². The quantitative estimate of drug-likeness (QED) is 0.583. The number of methoxy groups -OCH3 is 1. The highest BCUT2D eigenvalue weighted by Crippen LogP contribution is 1.73. The van der Waals surface area contributed by atoms with Crippen molar-refractivity contribution in [2.75, 3.05) is 27.3 Å². The van der Waals surface area contributed by atoms with Crippen molar-refractivity contribution in [3.63, 3.8) is 0 Å². The molecule has 0 saturated heterocycles. The summed E-state index contributed by atoms with van der Waals surface area (Å²) in [5.41, 5.74) is 0. The molecule has 0 radical (unpaired) electrons. The predicted octanol–water partition coefficient (Wildman–Crippen LogP) is 1.27. The summed E-state index contributed by atoms with van der Waals surface area (Å²) >= 11 is 0. The zero-order valence-corrected chi connectivity index (χ0v) is 7.03. The van der Waals surface area contributed by atoms with Crippen LogP contribution in [0.1, 0.15) is 20.3 Å². The van der Waals surface area contributed by atoms with Crippen LogP contribution in [-0.4, -0.2) is 27.3 Å². The molecule has 0 saturated carbocycles. The molecule has 0 fully saturated rings. The Morgan fingerprint density at radius 3 is 2.22 bits per heavy atom. The third-order valence-corrected chi connectivity index (χ3v) is 0.775. The smallest absolute Gasteiger partial charge is 0.0474 e. The molecule has 0 aromatic heterocycles. The lowest BCUT2D eigenvalue weighted by Gasteiger charge is -1.94. The molecule has 0 unspecified atom stereocenters. The van der Waals surface area contributed by atoms with Crippen LogP contribution in [-0.2, 0) is 4.74 Å². The van der Waals surface area contributed by atoms with Crippen molar-refractivity contribution in [1.82, 2.24) is 5.32 Å². The first-order valence-corrected chi connectivity index (χ1v) is 3.55. The van der Waals surface area contributed by atoms with Crippen LogP contribution in [0.2, 0.25) is 0 Å². The maximum Gasteiger partial charge on any atom is 0.0474 e. The van der Waals surface area contributed by atoms with Crippen molar-refractivity contribution in [1.29, 1.82) is 0 Å². The highest BCUT2D eigenvalue weighted by Gasteiger charge is 1.78. The number of hydrogen-bond donors (Lipinski definition) is 1. The Kier molecular flexibility index (Phi) is 20.3. The van der Waals surface area contributed by atoms with Gasteiger partial charge in [-0.1, -0.05) is 13.8 Å². The average molecular weight is 133 g/mol. The van der Waals surface area contributed by atoms with Gasteiger partial charge in [-0.2, -0.15) is 0 Å². The van der Waals surface area contributed by atoms with Gasteiger partial charge >= 0.3 is 0 Å². The molecule has 0 aliphatic heterocycles. The molecule has 2 heteroatoms. The zero-order chi connectivity index (χ0) is 7.54. The largest absolute Gasteiger partial charge is 0.385 e. The molecule has 0 aliphatic carbocycles. The van der Waals surface area contributed by atoms with Crippen molar-refractivity contribution in [2.24, 2.45) is 0 Å². The molecule has 0 aromatic rings. The first-order chi connectivity index (χ1) is 4.41. The number of ether oxygens (including phenoxy) is 1. The maximum absolute atomic E-state index is 4.80. The SMILES string of the molecule is CC.CNCCCOC. The Morgan fingerprint density at radius 2 is 1.89 bits per heavy atom. The first kappa shape index (κ1) is 11.7. The highest BCUT2D eigenvalue weighted by atomic mass is 16.5. The van der Waals surface area contributed by atoms with Gasteiger partial charge in [-0.15, -0.1) is 0 Å². The van der Waals surface area contributed by atoms with Crippen LogP contribution in [0, 0.1) is 0 Å². The molecule has 0 bridgehead atoms. The molecule has 0 spiro atoms. The maximum atomic E-state index is 4.80. The van der Waals surface area contributed by atoms with Crippen LogP contribution in [0.15, 0.2) is 0 Å². The van der Waals surface area contributed by atoms with E-state index in [0.29, 0.717) is 0 Å². The van der Waals surface area contributed by atoms with Crippen LogP contribution < -0.4 is 5.32 Å². The average Bonchev–Trinajstić information content (AvgIpc) is 1.94. The van der Waals surface area contributed by atoms with Gasteiger partial charge in [-0.3, -0.25) is 0 Å². The molecule has 0 aromatic carbocycles. The zero-order valence-electron chi connectivity index (χ0n) is 7.03. The van der Waals surface area contributed by atoms with Gasteiger partial charge in [0.1, 0.15) is 0 Å². The Morgan fingerprint density at radius 1 is 1.33 bits per heavy atom. The third kappa shape index (κ3) is 18.1. The van der Waals surface area contributed by atoms with E-state index in [-0.39, 0.29) is 0 Å². The summed E-state index contributed by atoms with van der Waals surface area (Å²) in [4.78, 5) is 0. The van der Waals surface area contributed by atoms with Crippen LogP contribution in [0.5, 0.6) is 0 Å². The Balaban J connectivity index is 0. The number of nitrogens with one attached hydrogen (secondary N) is 1. The van der Waals surface area contributed by atoms with E-state index >= 15 is 0 Å². The Bertz CT molecular complexity index is 28.1. The molecular weight excluding hydrogens is 114 g/mol. The summed E-state index contributed by atoms with van der Waals surface area (Å²) in [6, 6.07) is 0. The minimum Gasteiger partial charge on any atom is -0.385 e. The Labute approximate surface area is 58.6 Å². The fourth-order valence-electron chi connectivity index (χ4n) is 0.393. The molecule has 2 nitrogen and oxygen atoms in total. The second kappa shape index (κ2) is 15.7. The van der Waals surface area contributed by atoms with Gasteiger partial charge in [0.25, 0.3) is 0 Å². The molecule has 0 aliphatic rings.